The molecule has 0 saturated heterocycles. The van der Waals surface area contributed by atoms with Gasteiger partial charge >= 0.3 is 0 Å². The number of phenolic OH excluding ortho intramolecular Hbond substituents is 1. The fraction of sp³-hybridized carbons (Fsp3) is 0.333. The van der Waals surface area contributed by atoms with Crippen molar-refractivity contribution in [2.75, 3.05) is 27.4 Å². The van der Waals surface area contributed by atoms with Gasteiger partial charge in [-0.1, -0.05) is 24.3 Å². The molecule has 0 aliphatic carbocycles. The fourth-order valence-electron chi connectivity index (χ4n) is 2.70. The van der Waals surface area contributed by atoms with Crippen molar-refractivity contribution >= 4 is 6.08 Å². The Morgan fingerprint density at radius 3 is 2.36 bits per heavy atom. The third kappa shape index (κ3) is 5.63. The van der Waals surface area contributed by atoms with Crippen LogP contribution in [0.1, 0.15) is 11.1 Å². The molecule has 0 aromatic heterocycles. The molecule has 2 atom stereocenters. The molecular weight excluding hydrogens is 364 g/mol. The van der Waals surface area contributed by atoms with Crippen LogP contribution < -0.4 is 14.2 Å². The van der Waals surface area contributed by atoms with Crippen LogP contribution in [0.2, 0.25) is 0 Å². The Bertz CT molecular complexity index is 788. The van der Waals surface area contributed by atoms with Crippen molar-refractivity contribution in [2.45, 2.75) is 18.6 Å². The summed E-state index contributed by atoms with van der Waals surface area (Å²) in [5.74, 6) is 1.14. The van der Waals surface area contributed by atoms with Gasteiger partial charge < -0.3 is 34.6 Å². The Hall–Kier alpha value is -2.74. The van der Waals surface area contributed by atoms with Crippen LogP contribution in [0.25, 0.3) is 6.08 Å². The van der Waals surface area contributed by atoms with Crippen molar-refractivity contribution in [2.24, 2.45) is 0 Å². The molecule has 0 bridgehead atoms. The molecule has 2 rings (SSSR count). The molecule has 0 amide bonds. The van der Waals surface area contributed by atoms with Gasteiger partial charge in [0.05, 0.1) is 33.5 Å². The second kappa shape index (κ2) is 10.6. The lowest BCUT2D eigenvalue weighted by molar-refractivity contribution is 0.00137. The first-order chi connectivity index (χ1) is 13.5. The maximum Gasteiger partial charge on any atom is 0.161 e. The maximum absolute atomic E-state index is 10.5. The standard InChI is InChI=1S/C21H26O7/c1-26-19-12-15(5-7-16(19)24)10-17(25)21(13-23)28-18-8-6-14(4-3-9-22)11-20(18)27-2/h3-8,11-12,17,21-25H,9-10,13H2,1-2H3/b4-3-/t17-,21+/m1/s1. The predicted octanol–water partition coefficient (Wildman–Crippen LogP) is 1.76. The van der Waals surface area contributed by atoms with Crippen LogP contribution >= 0.6 is 0 Å². The summed E-state index contributed by atoms with van der Waals surface area (Å²) in [5.41, 5.74) is 1.54. The molecule has 0 saturated carbocycles. The highest BCUT2D eigenvalue weighted by molar-refractivity contribution is 5.56. The Morgan fingerprint density at radius 2 is 1.71 bits per heavy atom. The van der Waals surface area contributed by atoms with E-state index in [1.165, 1.54) is 20.3 Å². The number of phenols is 1. The van der Waals surface area contributed by atoms with E-state index < -0.39 is 18.8 Å². The Balaban J connectivity index is 2.13. The molecule has 0 fully saturated rings. The quantitative estimate of drug-likeness (QED) is 0.489. The first kappa shape index (κ1) is 21.6. The minimum absolute atomic E-state index is 0.00997. The third-order valence-corrected chi connectivity index (χ3v) is 4.18. The summed E-state index contributed by atoms with van der Waals surface area (Å²) < 4.78 is 16.2. The summed E-state index contributed by atoms with van der Waals surface area (Å²) in [6, 6.07) is 9.95. The molecule has 28 heavy (non-hydrogen) atoms. The Kier molecular flexibility index (Phi) is 8.13. The van der Waals surface area contributed by atoms with Gasteiger partial charge in [-0.25, -0.2) is 0 Å². The van der Waals surface area contributed by atoms with E-state index in [-0.39, 0.29) is 18.8 Å². The summed E-state index contributed by atoms with van der Waals surface area (Å²) in [7, 11) is 2.94. The number of rotatable bonds is 10. The highest BCUT2D eigenvalue weighted by Crippen LogP contribution is 2.31. The fourth-order valence-corrected chi connectivity index (χ4v) is 2.70. The zero-order chi connectivity index (χ0) is 20.5. The van der Waals surface area contributed by atoms with E-state index in [2.05, 4.69) is 0 Å². The first-order valence-electron chi connectivity index (χ1n) is 8.79. The van der Waals surface area contributed by atoms with Crippen molar-refractivity contribution in [3.63, 3.8) is 0 Å². The van der Waals surface area contributed by atoms with Crippen LogP contribution in [0.3, 0.4) is 0 Å². The number of aliphatic hydroxyl groups is 3. The molecule has 0 spiro atoms. The number of hydrogen-bond acceptors (Lipinski definition) is 7. The van der Waals surface area contributed by atoms with Crippen LogP contribution in [0.5, 0.6) is 23.0 Å². The molecule has 0 heterocycles. The van der Waals surface area contributed by atoms with Crippen LogP contribution in [0, 0.1) is 0 Å². The molecule has 0 unspecified atom stereocenters. The monoisotopic (exact) mass is 390 g/mol. The van der Waals surface area contributed by atoms with Crippen LogP contribution in [0.4, 0.5) is 0 Å². The second-order valence-corrected chi connectivity index (χ2v) is 6.11. The van der Waals surface area contributed by atoms with Gasteiger partial charge in [0, 0.05) is 6.42 Å². The second-order valence-electron chi connectivity index (χ2n) is 6.11. The van der Waals surface area contributed by atoms with E-state index in [1.54, 1.807) is 42.5 Å². The van der Waals surface area contributed by atoms with Gasteiger partial charge in [0.25, 0.3) is 0 Å². The number of hydrogen-bond donors (Lipinski definition) is 4. The van der Waals surface area contributed by atoms with Crippen molar-refractivity contribution in [1.82, 2.24) is 0 Å². The zero-order valence-electron chi connectivity index (χ0n) is 15.9. The van der Waals surface area contributed by atoms with E-state index >= 15 is 0 Å². The number of methoxy groups -OCH3 is 2. The number of ether oxygens (including phenoxy) is 3. The van der Waals surface area contributed by atoms with Gasteiger partial charge in [0.15, 0.2) is 23.0 Å². The highest BCUT2D eigenvalue weighted by atomic mass is 16.5. The van der Waals surface area contributed by atoms with E-state index in [0.717, 1.165) is 11.1 Å². The lowest BCUT2D eigenvalue weighted by atomic mass is 10.0. The largest absolute Gasteiger partial charge is 0.504 e. The van der Waals surface area contributed by atoms with Crippen LogP contribution in [-0.4, -0.2) is 60.1 Å². The molecule has 7 nitrogen and oxygen atoms in total. The van der Waals surface area contributed by atoms with Crippen LogP contribution in [0.15, 0.2) is 42.5 Å². The molecule has 4 N–H and O–H groups in total. The topological polar surface area (TPSA) is 109 Å². The summed E-state index contributed by atoms with van der Waals surface area (Å²) in [5, 5.41) is 38.7. The average Bonchev–Trinajstić information content (AvgIpc) is 2.71. The summed E-state index contributed by atoms with van der Waals surface area (Å²) in [6.07, 6.45) is 1.65. The molecule has 0 aliphatic heterocycles. The van der Waals surface area contributed by atoms with Gasteiger partial charge in [-0.3, -0.25) is 0 Å². The van der Waals surface area contributed by atoms with Crippen molar-refractivity contribution in [3.8, 4) is 23.0 Å². The van der Waals surface area contributed by atoms with Crippen LogP contribution in [-0.2, 0) is 6.42 Å². The van der Waals surface area contributed by atoms with E-state index in [0.29, 0.717) is 17.2 Å². The van der Waals surface area contributed by atoms with E-state index in [9.17, 15) is 15.3 Å². The lowest BCUT2D eigenvalue weighted by Gasteiger charge is -2.24. The number of benzene rings is 2. The summed E-state index contributed by atoms with van der Waals surface area (Å²) in [6.45, 7) is -0.465. The normalized spacial score (nSPS) is 13.3. The lowest BCUT2D eigenvalue weighted by Crippen LogP contribution is -2.36. The van der Waals surface area contributed by atoms with Crippen molar-refractivity contribution < 1.29 is 34.6 Å². The minimum Gasteiger partial charge on any atom is -0.504 e. The van der Waals surface area contributed by atoms with E-state index in [4.69, 9.17) is 19.3 Å². The van der Waals surface area contributed by atoms with Gasteiger partial charge in [-0.05, 0) is 35.4 Å². The molecule has 152 valence electrons. The highest BCUT2D eigenvalue weighted by Gasteiger charge is 2.23. The van der Waals surface area contributed by atoms with E-state index in [1.807, 2.05) is 0 Å². The first-order valence-corrected chi connectivity index (χ1v) is 8.79. The van der Waals surface area contributed by atoms with Gasteiger partial charge in [-0.15, -0.1) is 0 Å². The van der Waals surface area contributed by atoms with Gasteiger partial charge in [-0.2, -0.15) is 0 Å². The molecular formula is C21H26O7. The molecule has 0 aliphatic rings. The van der Waals surface area contributed by atoms with Crippen molar-refractivity contribution in [3.05, 3.63) is 53.6 Å². The van der Waals surface area contributed by atoms with Gasteiger partial charge in [0.2, 0.25) is 0 Å². The molecule has 2 aromatic rings. The third-order valence-electron chi connectivity index (χ3n) is 4.18. The predicted molar refractivity (Wildman–Crippen MR) is 105 cm³/mol. The molecule has 2 aromatic carbocycles. The number of aliphatic hydroxyl groups excluding tert-OH is 3. The minimum atomic E-state index is -1.00. The smallest absolute Gasteiger partial charge is 0.161 e. The Morgan fingerprint density at radius 1 is 0.964 bits per heavy atom. The summed E-state index contributed by atoms with van der Waals surface area (Å²) in [4.78, 5) is 0. The SMILES string of the molecule is COc1cc(C[C@@H](O)[C@H](CO)Oc2ccc(/C=C\CO)cc2OC)ccc1O. The maximum atomic E-state index is 10.5. The van der Waals surface area contributed by atoms with Crippen molar-refractivity contribution in [1.29, 1.82) is 0 Å². The zero-order valence-corrected chi connectivity index (χ0v) is 15.9. The number of aromatic hydroxyl groups is 1. The Labute approximate surface area is 164 Å². The average molecular weight is 390 g/mol. The van der Waals surface area contributed by atoms with Gasteiger partial charge in [0.1, 0.15) is 6.10 Å². The molecule has 7 heteroatoms. The molecule has 0 radical (unpaired) electrons. The summed E-state index contributed by atoms with van der Waals surface area (Å²) >= 11 is 0.